The minimum Gasteiger partial charge on any atom is -0.460 e. The van der Waals surface area contributed by atoms with Gasteiger partial charge in [0.1, 0.15) is 12.2 Å². The molecule has 1 fully saturated rings. The summed E-state index contributed by atoms with van der Waals surface area (Å²) in [4.78, 5) is 12.0. The summed E-state index contributed by atoms with van der Waals surface area (Å²) in [6, 6.07) is 0. The lowest BCUT2D eigenvalue weighted by molar-refractivity contribution is -0.172. The minimum atomic E-state index is -5.76. The number of hydrogen-bond donors (Lipinski definition) is 0. The van der Waals surface area contributed by atoms with Gasteiger partial charge in [-0.05, 0) is 11.3 Å². The van der Waals surface area contributed by atoms with Gasteiger partial charge in [0.2, 0.25) is 5.82 Å². The Morgan fingerprint density at radius 2 is 1.27 bits per heavy atom. The highest BCUT2D eigenvalue weighted by Gasteiger charge is 2.64. The highest BCUT2D eigenvalue weighted by molar-refractivity contribution is 5.78. The number of esters is 1. The van der Waals surface area contributed by atoms with Crippen LogP contribution in [0.1, 0.15) is 19.4 Å². The number of benzene rings is 1. The van der Waals surface area contributed by atoms with Crippen LogP contribution in [0.5, 0.6) is 0 Å². The molecule has 2 rings (SSSR count). The fourth-order valence-corrected chi connectivity index (χ4v) is 2.98. The maximum absolute atomic E-state index is 13.6. The number of rotatable bonds is 4. The summed E-state index contributed by atoms with van der Waals surface area (Å²) in [5.41, 5.74) is -5.81. The molecule has 13 heteroatoms. The van der Waals surface area contributed by atoms with Crippen molar-refractivity contribution in [3.05, 3.63) is 46.3 Å². The molecule has 168 valence electrons. The van der Waals surface area contributed by atoms with Crippen LogP contribution in [0.3, 0.4) is 0 Å². The average Bonchev–Trinajstić information content (AvgIpc) is 3.14. The zero-order valence-electron chi connectivity index (χ0n) is 14.9. The molecule has 1 aromatic carbocycles. The van der Waals surface area contributed by atoms with Gasteiger partial charge >= 0.3 is 18.3 Å². The number of carbonyl (C=O) groups is 1. The molecule has 30 heavy (non-hydrogen) atoms. The molecular formula is C17H11F11O2. The van der Waals surface area contributed by atoms with E-state index in [0.29, 0.717) is 0 Å². The molecule has 1 aliphatic carbocycles. The van der Waals surface area contributed by atoms with E-state index >= 15 is 0 Å². The van der Waals surface area contributed by atoms with Gasteiger partial charge in [0.15, 0.2) is 23.3 Å². The molecular weight excluding hydrogens is 445 g/mol. The summed E-state index contributed by atoms with van der Waals surface area (Å²) >= 11 is 0. The lowest BCUT2D eigenvalue weighted by atomic mass is 10.1. The van der Waals surface area contributed by atoms with Gasteiger partial charge in [-0.15, -0.1) is 0 Å². The Hall–Kier alpha value is -2.34. The molecule has 0 aliphatic heterocycles. The Morgan fingerprint density at radius 3 is 1.67 bits per heavy atom. The largest absolute Gasteiger partial charge is 0.460 e. The first-order valence-corrected chi connectivity index (χ1v) is 7.95. The van der Waals surface area contributed by atoms with Gasteiger partial charge in [-0.2, -0.15) is 26.3 Å². The Labute approximate surface area is 161 Å². The smallest absolute Gasteiger partial charge is 0.421 e. The van der Waals surface area contributed by atoms with Gasteiger partial charge in [0, 0.05) is 0 Å². The van der Waals surface area contributed by atoms with Crippen molar-refractivity contribution in [2.45, 2.75) is 32.8 Å². The van der Waals surface area contributed by atoms with Crippen molar-refractivity contribution in [3.8, 4) is 0 Å². The van der Waals surface area contributed by atoms with Gasteiger partial charge in [-0.1, -0.05) is 19.9 Å². The van der Waals surface area contributed by atoms with Crippen LogP contribution in [0, 0.1) is 46.3 Å². The van der Waals surface area contributed by atoms with Gasteiger partial charge in [-0.25, -0.2) is 22.0 Å². The van der Waals surface area contributed by atoms with E-state index in [-0.39, 0.29) is 6.08 Å². The zero-order chi connectivity index (χ0) is 23.4. The quantitative estimate of drug-likeness (QED) is 0.190. The van der Waals surface area contributed by atoms with E-state index in [1.807, 2.05) is 0 Å². The molecule has 0 saturated heterocycles. The minimum absolute atomic E-state index is 0.190. The Balaban J connectivity index is 2.25. The first kappa shape index (κ1) is 23.9. The Kier molecular flexibility index (Phi) is 5.91. The Morgan fingerprint density at radius 1 is 0.867 bits per heavy atom. The molecule has 0 amide bonds. The summed E-state index contributed by atoms with van der Waals surface area (Å²) in [5, 5.41) is 0. The van der Waals surface area contributed by atoms with Crippen LogP contribution >= 0.6 is 0 Å². The van der Waals surface area contributed by atoms with Crippen LogP contribution in [0.2, 0.25) is 0 Å². The molecule has 0 heterocycles. The van der Waals surface area contributed by atoms with Crippen LogP contribution in [0.15, 0.2) is 11.6 Å². The lowest BCUT2D eigenvalue weighted by Gasteiger charge is -2.15. The normalized spacial score (nSPS) is 20.7. The first-order valence-electron chi connectivity index (χ1n) is 7.95. The number of carbonyl (C=O) groups excluding carboxylic acids is 1. The number of allylic oxidation sites excluding steroid dienone is 2. The van der Waals surface area contributed by atoms with E-state index in [1.54, 1.807) is 0 Å². The van der Waals surface area contributed by atoms with Gasteiger partial charge in [0.05, 0.1) is 11.5 Å². The van der Waals surface area contributed by atoms with Crippen molar-refractivity contribution in [3.63, 3.8) is 0 Å². The molecule has 1 saturated carbocycles. The standard InChI is InChI=1S/C17H11F11O2/c1-15(2)6(3-7(16(23,24)25)17(26,27)28)8(15)14(29)30-4-5-9(18)11(20)13(22)12(21)10(5)19/h3,6,8H,4H2,1-2H3. The maximum Gasteiger partial charge on any atom is 0.421 e. The van der Waals surface area contributed by atoms with E-state index in [1.165, 1.54) is 0 Å². The molecule has 2 nitrogen and oxygen atoms in total. The summed E-state index contributed by atoms with van der Waals surface area (Å²) < 4.78 is 147. The molecule has 0 bridgehead atoms. The molecule has 1 aromatic rings. The number of halogens is 11. The third-order valence-corrected chi connectivity index (χ3v) is 4.78. The fraction of sp³-hybridized carbons (Fsp3) is 0.471. The third kappa shape index (κ3) is 4.24. The second-order valence-corrected chi connectivity index (χ2v) is 7.06. The van der Waals surface area contributed by atoms with Gasteiger partial charge in [0.25, 0.3) is 0 Å². The topological polar surface area (TPSA) is 26.3 Å². The van der Waals surface area contributed by atoms with Gasteiger partial charge in [-0.3, -0.25) is 4.79 Å². The maximum atomic E-state index is 13.6. The zero-order valence-corrected chi connectivity index (χ0v) is 14.9. The van der Waals surface area contributed by atoms with Crippen molar-refractivity contribution >= 4 is 5.97 Å². The second-order valence-electron chi connectivity index (χ2n) is 7.06. The van der Waals surface area contributed by atoms with Crippen LogP contribution in [0.25, 0.3) is 0 Å². The summed E-state index contributed by atoms with van der Waals surface area (Å²) in [6.45, 7) is 0.810. The number of hydrogen-bond acceptors (Lipinski definition) is 2. The molecule has 0 N–H and O–H groups in total. The fourth-order valence-electron chi connectivity index (χ4n) is 2.98. The predicted octanol–water partition coefficient (Wildman–Crippen LogP) is 5.75. The monoisotopic (exact) mass is 456 g/mol. The highest BCUT2D eigenvalue weighted by atomic mass is 19.4. The Bertz CT molecular complexity index is 851. The van der Waals surface area contributed by atoms with E-state index in [2.05, 4.69) is 4.74 Å². The molecule has 0 spiro atoms. The van der Waals surface area contributed by atoms with Crippen LogP contribution in [0.4, 0.5) is 48.3 Å². The SMILES string of the molecule is CC1(C)C(C=C(C(F)(F)F)C(F)(F)F)C1C(=O)OCc1c(F)c(F)c(F)c(F)c1F. The highest BCUT2D eigenvalue weighted by Crippen LogP contribution is 2.61. The molecule has 0 aromatic heterocycles. The lowest BCUT2D eigenvalue weighted by Crippen LogP contribution is -2.26. The van der Waals surface area contributed by atoms with Crippen LogP contribution in [-0.4, -0.2) is 18.3 Å². The molecule has 2 unspecified atom stereocenters. The second kappa shape index (κ2) is 7.41. The van der Waals surface area contributed by atoms with Gasteiger partial charge < -0.3 is 4.74 Å². The predicted molar refractivity (Wildman–Crippen MR) is 77.0 cm³/mol. The summed E-state index contributed by atoms with van der Waals surface area (Å²) in [5.74, 6) is -16.3. The van der Waals surface area contributed by atoms with E-state index < -0.39 is 82.4 Å². The molecule has 2 atom stereocenters. The van der Waals surface area contributed by atoms with Crippen LogP contribution < -0.4 is 0 Å². The number of ether oxygens (including phenoxy) is 1. The molecule has 0 radical (unpaired) electrons. The average molecular weight is 456 g/mol. The van der Waals surface area contributed by atoms with E-state index in [9.17, 15) is 53.1 Å². The van der Waals surface area contributed by atoms with Crippen LogP contribution in [-0.2, 0) is 16.1 Å². The van der Waals surface area contributed by atoms with E-state index in [4.69, 9.17) is 0 Å². The number of alkyl halides is 6. The molecule has 1 aliphatic rings. The summed E-state index contributed by atoms with van der Waals surface area (Å²) in [6.07, 6.45) is -11.7. The van der Waals surface area contributed by atoms with Crippen molar-refractivity contribution in [1.29, 1.82) is 0 Å². The van der Waals surface area contributed by atoms with Crippen molar-refractivity contribution in [1.82, 2.24) is 0 Å². The van der Waals surface area contributed by atoms with E-state index in [0.717, 1.165) is 13.8 Å². The van der Waals surface area contributed by atoms with Crippen molar-refractivity contribution in [2.24, 2.45) is 17.3 Å². The first-order chi connectivity index (χ1) is 13.4. The summed E-state index contributed by atoms with van der Waals surface area (Å²) in [7, 11) is 0. The van der Waals surface area contributed by atoms with Crippen molar-refractivity contribution < 1.29 is 57.8 Å². The third-order valence-electron chi connectivity index (χ3n) is 4.78. The van der Waals surface area contributed by atoms with Crippen molar-refractivity contribution in [2.75, 3.05) is 0 Å².